The lowest BCUT2D eigenvalue weighted by molar-refractivity contribution is 0.0635. The first-order valence-corrected chi connectivity index (χ1v) is 12.0. The van der Waals surface area contributed by atoms with E-state index in [2.05, 4.69) is 43.2 Å². The number of nitrogens with zero attached hydrogens (tertiary/aromatic N) is 1. The van der Waals surface area contributed by atoms with Crippen LogP contribution < -0.4 is 5.32 Å². The van der Waals surface area contributed by atoms with Crippen LogP contribution in [0.15, 0.2) is 66.7 Å². The molecule has 0 aliphatic carbocycles. The van der Waals surface area contributed by atoms with Gasteiger partial charge in [-0.15, -0.1) is 0 Å². The zero-order valence-electron chi connectivity index (χ0n) is 21.6. The SMILES string of the molecule is CC(C)(C)OC(=O)Nc1ccc(Cl)nc1C=O.CC(C)(C)c1ccc(C(=O)Cc2ccccc2)cc1. The molecule has 3 rings (SSSR count). The molecule has 190 valence electrons. The molecule has 3 aromatic rings. The van der Waals surface area contributed by atoms with Gasteiger partial charge in [0.15, 0.2) is 12.1 Å². The number of pyridine rings is 1. The molecule has 0 radical (unpaired) electrons. The van der Waals surface area contributed by atoms with E-state index in [0.717, 1.165) is 11.1 Å². The van der Waals surface area contributed by atoms with Crippen LogP contribution in [-0.2, 0) is 16.6 Å². The maximum Gasteiger partial charge on any atom is 0.412 e. The van der Waals surface area contributed by atoms with Crippen molar-refractivity contribution in [1.82, 2.24) is 4.98 Å². The van der Waals surface area contributed by atoms with Gasteiger partial charge in [0, 0.05) is 12.0 Å². The van der Waals surface area contributed by atoms with Crippen molar-refractivity contribution in [3.05, 3.63) is 94.3 Å². The van der Waals surface area contributed by atoms with Crippen LogP contribution in [0.3, 0.4) is 0 Å². The van der Waals surface area contributed by atoms with Gasteiger partial charge in [0.1, 0.15) is 16.4 Å². The number of benzene rings is 2. The summed E-state index contributed by atoms with van der Waals surface area (Å²) in [6.07, 6.45) is 0.332. The molecule has 6 nitrogen and oxygen atoms in total. The number of carbonyl (C=O) groups is 3. The number of hydrogen-bond donors (Lipinski definition) is 1. The lowest BCUT2D eigenvalue weighted by Crippen LogP contribution is -2.27. The Hall–Kier alpha value is -3.51. The number of ketones is 1. The molecule has 2 aromatic carbocycles. The Bertz CT molecular complexity index is 1180. The maximum atomic E-state index is 12.2. The Morgan fingerprint density at radius 2 is 1.53 bits per heavy atom. The van der Waals surface area contributed by atoms with Gasteiger partial charge in [0.25, 0.3) is 0 Å². The van der Waals surface area contributed by atoms with Crippen LogP contribution in [-0.4, -0.2) is 28.7 Å². The van der Waals surface area contributed by atoms with Gasteiger partial charge in [-0.2, -0.15) is 0 Å². The number of anilines is 1. The molecule has 1 amide bonds. The van der Waals surface area contributed by atoms with Gasteiger partial charge in [0.2, 0.25) is 0 Å². The van der Waals surface area contributed by atoms with E-state index in [1.165, 1.54) is 17.7 Å². The standard InChI is InChI=1S/C18H20O.C11H13ClN2O3/c1-18(2,3)16-11-9-15(10-12-16)17(19)13-14-7-5-4-6-8-14;1-11(2,3)17-10(16)14-7-4-5-9(12)13-8(7)6-15/h4-12H,13H2,1-3H3;4-6H,1-3H3,(H,14,16). The minimum atomic E-state index is -0.648. The van der Waals surface area contributed by atoms with Gasteiger partial charge in [0.05, 0.1) is 5.69 Å². The van der Waals surface area contributed by atoms with Gasteiger partial charge in [-0.1, -0.05) is 87.0 Å². The third kappa shape index (κ3) is 9.62. The third-order valence-electron chi connectivity index (χ3n) is 4.92. The van der Waals surface area contributed by atoms with Crippen molar-refractivity contribution in [2.45, 2.75) is 59.0 Å². The number of aromatic nitrogens is 1. The van der Waals surface area contributed by atoms with E-state index >= 15 is 0 Å². The van der Waals surface area contributed by atoms with Crippen molar-refractivity contribution in [2.75, 3.05) is 5.32 Å². The highest BCUT2D eigenvalue weighted by Crippen LogP contribution is 2.22. The molecule has 7 heteroatoms. The monoisotopic (exact) mass is 508 g/mol. The fourth-order valence-electron chi connectivity index (χ4n) is 3.10. The molecule has 1 heterocycles. The largest absolute Gasteiger partial charge is 0.444 e. The Labute approximate surface area is 218 Å². The number of amides is 1. The minimum absolute atomic E-state index is 0.0587. The number of halogens is 1. The molecular weight excluding hydrogens is 476 g/mol. The van der Waals surface area contributed by atoms with Crippen molar-refractivity contribution >= 4 is 35.5 Å². The lowest BCUT2D eigenvalue weighted by Gasteiger charge is -2.19. The molecule has 0 saturated carbocycles. The van der Waals surface area contributed by atoms with Crippen LogP contribution >= 0.6 is 11.6 Å². The molecule has 0 unspecified atom stereocenters. The van der Waals surface area contributed by atoms with E-state index < -0.39 is 11.7 Å². The summed E-state index contributed by atoms with van der Waals surface area (Å²) in [4.78, 5) is 38.1. The van der Waals surface area contributed by atoms with E-state index in [-0.39, 0.29) is 27.7 Å². The summed E-state index contributed by atoms with van der Waals surface area (Å²) in [6, 6.07) is 20.8. The minimum Gasteiger partial charge on any atom is -0.444 e. The normalized spacial score (nSPS) is 11.1. The summed E-state index contributed by atoms with van der Waals surface area (Å²) in [5.74, 6) is 0.173. The molecule has 0 atom stereocenters. The highest BCUT2D eigenvalue weighted by molar-refractivity contribution is 6.29. The second-order valence-electron chi connectivity index (χ2n) is 10.2. The zero-order chi connectivity index (χ0) is 26.9. The Balaban J connectivity index is 0.000000255. The fraction of sp³-hybridized carbons (Fsp3) is 0.310. The van der Waals surface area contributed by atoms with Crippen molar-refractivity contribution in [2.24, 2.45) is 0 Å². The topological polar surface area (TPSA) is 85.4 Å². The van der Waals surface area contributed by atoms with Crippen molar-refractivity contribution in [1.29, 1.82) is 0 Å². The van der Waals surface area contributed by atoms with E-state index in [9.17, 15) is 14.4 Å². The first-order valence-electron chi connectivity index (χ1n) is 11.6. The number of aldehydes is 1. The number of Topliss-reactive ketones (excluding diaryl/α,β-unsaturated/α-hetero) is 1. The van der Waals surface area contributed by atoms with Crippen LogP contribution in [0.25, 0.3) is 0 Å². The lowest BCUT2D eigenvalue weighted by atomic mass is 9.86. The molecule has 0 spiro atoms. The summed E-state index contributed by atoms with van der Waals surface area (Å²) in [7, 11) is 0. The van der Waals surface area contributed by atoms with Crippen LogP contribution in [0, 0.1) is 0 Å². The molecule has 1 aromatic heterocycles. The summed E-state index contributed by atoms with van der Waals surface area (Å²) in [6.45, 7) is 11.8. The van der Waals surface area contributed by atoms with Crippen LogP contribution in [0.1, 0.15) is 73.5 Å². The fourth-order valence-corrected chi connectivity index (χ4v) is 3.25. The number of carbonyl (C=O) groups excluding carboxylic acids is 3. The van der Waals surface area contributed by atoms with Crippen molar-refractivity contribution in [3.63, 3.8) is 0 Å². The van der Waals surface area contributed by atoms with Gasteiger partial charge in [-0.05, 0) is 49.4 Å². The van der Waals surface area contributed by atoms with Crippen molar-refractivity contribution in [3.8, 4) is 0 Å². The molecule has 0 saturated heterocycles. The molecule has 36 heavy (non-hydrogen) atoms. The molecule has 0 aliphatic heterocycles. The zero-order valence-corrected chi connectivity index (χ0v) is 22.3. The molecular formula is C29H33ClN2O4. The summed E-state index contributed by atoms with van der Waals surface area (Å²) in [5.41, 5.74) is 2.95. The predicted octanol–water partition coefficient (Wildman–Crippen LogP) is 7.30. The second-order valence-corrected chi connectivity index (χ2v) is 10.6. The summed E-state index contributed by atoms with van der Waals surface area (Å²) < 4.78 is 5.04. The Morgan fingerprint density at radius 3 is 2.06 bits per heavy atom. The predicted molar refractivity (Wildman–Crippen MR) is 144 cm³/mol. The molecule has 0 bridgehead atoms. The Kier molecular flexibility index (Phi) is 9.93. The second kappa shape index (κ2) is 12.5. The van der Waals surface area contributed by atoms with Gasteiger partial charge < -0.3 is 4.74 Å². The quantitative estimate of drug-likeness (QED) is 0.222. The van der Waals surface area contributed by atoms with Gasteiger partial charge in [-0.25, -0.2) is 9.78 Å². The van der Waals surface area contributed by atoms with Gasteiger partial charge in [-0.3, -0.25) is 14.9 Å². The van der Waals surface area contributed by atoms with E-state index in [1.54, 1.807) is 20.8 Å². The van der Waals surface area contributed by atoms with Crippen molar-refractivity contribution < 1.29 is 19.1 Å². The summed E-state index contributed by atoms with van der Waals surface area (Å²) in [5, 5.41) is 2.61. The third-order valence-corrected chi connectivity index (χ3v) is 5.13. The highest BCUT2D eigenvalue weighted by atomic mass is 35.5. The van der Waals surface area contributed by atoms with Crippen LogP contribution in [0.4, 0.5) is 10.5 Å². The average Bonchev–Trinajstić information content (AvgIpc) is 2.79. The smallest absolute Gasteiger partial charge is 0.412 e. The van der Waals surface area contributed by atoms with E-state index in [1.807, 2.05) is 42.5 Å². The Morgan fingerprint density at radius 1 is 0.917 bits per heavy atom. The number of rotatable bonds is 5. The average molecular weight is 509 g/mol. The number of hydrogen-bond acceptors (Lipinski definition) is 5. The number of nitrogens with one attached hydrogen (secondary N) is 1. The first-order chi connectivity index (χ1) is 16.8. The number of ether oxygens (including phenoxy) is 1. The van der Waals surface area contributed by atoms with Gasteiger partial charge >= 0.3 is 6.09 Å². The van der Waals surface area contributed by atoms with E-state index in [4.69, 9.17) is 16.3 Å². The van der Waals surface area contributed by atoms with Crippen LogP contribution in [0.5, 0.6) is 0 Å². The first kappa shape index (κ1) is 28.7. The molecule has 1 N–H and O–H groups in total. The van der Waals surface area contributed by atoms with E-state index in [0.29, 0.717) is 12.7 Å². The van der Waals surface area contributed by atoms with Crippen LogP contribution in [0.2, 0.25) is 5.15 Å². The highest BCUT2D eigenvalue weighted by Gasteiger charge is 2.17. The molecule has 0 fully saturated rings. The maximum absolute atomic E-state index is 12.2. The summed E-state index contributed by atoms with van der Waals surface area (Å²) >= 11 is 5.62. The molecule has 0 aliphatic rings.